The van der Waals surface area contributed by atoms with Gasteiger partial charge in [0.1, 0.15) is 30.5 Å². The molecule has 54 heavy (non-hydrogen) atoms. The minimum absolute atomic E-state index is 0.263. The van der Waals surface area contributed by atoms with Crippen LogP contribution < -0.4 is 9.47 Å². The topological polar surface area (TPSA) is 71.2 Å². The molecule has 0 atom stereocenters. The van der Waals surface area contributed by atoms with Crippen LogP contribution >= 0.6 is 0 Å². The van der Waals surface area contributed by atoms with Crippen molar-refractivity contribution in [2.24, 2.45) is 10.8 Å². The molecule has 6 aromatic rings. The number of aryl methyl sites for hydroxylation is 4. The largest absolute Gasteiger partial charge is 0.489 e. The van der Waals surface area contributed by atoms with E-state index in [0.29, 0.717) is 26.1 Å². The van der Waals surface area contributed by atoms with Crippen molar-refractivity contribution in [1.82, 2.24) is 19.1 Å². The van der Waals surface area contributed by atoms with Crippen molar-refractivity contribution >= 4 is 5.78 Å². The predicted molar refractivity (Wildman–Crippen MR) is 216 cm³/mol. The molecule has 0 bridgehead atoms. The van der Waals surface area contributed by atoms with Crippen LogP contribution in [-0.4, -0.2) is 24.9 Å². The molecule has 0 N–H and O–H groups in total. The van der Waals surface area contributed by atoms with Gasteiger partial charge in [-0.2, -0.15) is 0 Å². The molecule has 0 aliphatic carbocycles. The van der Waals surface area contributed by atoms with E-state index in [4.69, 9.17) is 9.47 Å². The standard InChI is InChI=1S/C47H54N4O3/c1-33-23-43(35(3)21-41(33)27-50-19-17-48-31-50)53-29-39-13-9-37(10-14-39)25-46(5,6)45(52)47(7,8)26-38-11-15-40(16-12-38)30-54-44-24-34(2)42(22-36(44)4)28-51-20-18-49-32-51/h9-24,31-32H,25-30H2,1-8H3. The average molecular weight is 723 g/mol. The summed E-state index contributed by atoms with van der Waals surface area (Å²) in [6, 6.07) is 25.6. The number of imidazole rings is 2. The van der Waals surface area contributed by atoms with E-state index in [2.05, 4.69) is 147 Å². The molecule has 0 spiro atoms. The highest BCUT2D eigenvalue weighted by atomic mass is 16.5. The van der Waals surface area contributed by atoms with Gasteiger partial charge in [0.15, 0.2) is 0 Å². The molecular weight excluding hydrogens is 669 g/mol. The number of nitrogens with zero attached hydrogens (tertiary/aromatic N) is 4. The van der Waals surface area contributed by atoms with Crippen molar-refractivity contribution in [2.45, 2.75) is 94.5 Å². The third-order valence-corrected chi connectivity index (χ3v) is 10.4. The lowest BCUT2D eigenvalue weighted by Crippen LogP contribution is -2.39. The minimum atomic E-state index is -0.521. The monoisotopic (exact) mass is 722 g/mol. The number of Topliss-reactive ketones (excluding diaryl/α,β-unsaturated/α-hetero) is 1. The van der Waals surface area contributed by atoms with Crippen molar-refractivity contribution in [1.29, 1.82) is 0 Å². The molecule has 0 aliphatic heterocycles. The highest BCUT2D eigenvalue weighted by Crippen LogP contribution is 2.35. The van der Waals surface area contributed by atoms with Crippen LogP contribution in [0.2, 0.25) is 0 Å². The second kappa shape index (κ2) is 16.3. The Balaban J connectivity index is 0.997. The zero-order chi connectivity index (χ0) is 38.5. The van der Waals surface area contributed by atoms with Gasteiger partial charge in [-0.25, -0.2) is 9.97 Å². The molecule has 0 radical (unpaired) electrons. The van der Waals surface area contributed by atoms with Gasteiger partial charge in [0.25, 0.3) is 0 Å². The van der Waals surface area contributed by atoms with Crippen molar-refractivity contribution in [2.75, 3.05) is 0 Å². The molecule has 2 aromatic heterocycles. The molecule has 0 saturated carbocycles. The first-order chi connectivity index (χ1) is 25.8. The van der Waals surface area contributed by atoms with Crippen LogP contribution in [0.4, 0.5) is 0 Å². The highest BCUT2D eigenvalue weighted by molar-refractivity contribution is 5.89. The van der Waals surface area contributed by atoms with E-state index in [1.807, 2.05) is 25.0 Å². The fraction of sp³-hybridized carbons (Fsp3) is 0.340. The van der Waals surface area contributed by atoms with Crippen molar-refractivity contribution < 1.29 is 14.3 Å². The number of benzene rings is 4. The molecular formula is C47H54N4O3. The van der Waals surface area contributed by atoms with Crippen LogP contribution in [0.1, 0.15) is 83.3 Å². The first kappa shape index (κ1) is 38.3. The molecule has 0 aliphatic rings. The van der Waals surface area contributed by atoms with Gasteiger partial charge in [-0.1, -0.05) is 88.4 Å². The van der Waals surface area contributed by atoms with Crippen LogP contribution in [0.15, 0.2) is 110 Å². The molecule has 0 fully saturated rings. The van der Waals surface area contributed by atoms with Crippen LogP contribution in [-0.2, 0) is 43.9 Å². The average Bonchev–Trinajstić information content (AvgIpc) is 3.85. The van der Waals surface area contributed by atoms with Gasteiger partial charge < -0.3 is 18.6 Å². The number of carbonyl (C=O) groups excluding carboxylic acids is 1. The van der Waals surface area contributed by atoms with Crippen LogP contribution in [0.25, 0.3) is 0 Å². The third-order valence-electron chi connectivity index (χ3n) is 10.4. The fourth-order valence-corrected chi connectivity index (χ4v) is 7.43. The maximum Gasteiger partial charge on any atom is 0.144 e. The number of rotatable bonds is 16. The molecule has 0 saturated heterocycles. The van der Waals surface area contributed by atoms with E-state index in [9.17, 15) is 4.79 Å². The van der Waals surface area contributed by atoms with Crippen molar-refractivity contribution in [3.8, 4) is 11.5 Å². The van der Waals surface area contributed by atoms with Crippen molar-refractivity contribution in [3.63, 3.8) is 0 Å². The van der Waals surface area contributed by atoms with E-state index in [0.717, 1.165) is 58.0 Å². The summed E-state index contributed by atoms with van der Waals surface area (Å²) < 4.78 is 16.7. The Morgan fingerprint density at radius 1 is 0.556 bits per heavy atom. The van der Waals surface area contributed by atoms with Gasteiger partial charge in [-0.05, 0) is 108 Å². The lowest BCUT2D eigenvalue weighted by Gasteiger charge is -2.34. The Morgan fingerprint density at radius 2 is 0.926 bits per heavy atom. The summed E-state index contributed by atoms with van der Waals surface area (Å²) in [5.74, 6) is 2.06. The van der Waals surface area contributed by atoms with E-state index in [-0.39, 0.29) is 5.78 Å². The first-order valence-corrected chi connectivity index (χ1v) is 18.8. The number of hydrogen-bond donors (Lipinski definition) is 0. The highest BCUT2D eigenvalue weighted by Gasteiger charge is 2.39. The number of aromatic nitrogens is 4. The van der Waals surface area contributed by atoms with E-state index < -0.39 is 10.8 Å². The Bertz CT molecular complexity index is 2010. The number of ketones is 1. The zero-order valence-corrected chi connectivity index (χ0v) is 33.1. The predicted octanol–water partition coefficient (Wildman–Crippen LogP) is 9.97. The molecule has 7 heteroatoms. The Kier molecular flexibility index (Phi) is 11.6. The molecule has 0 unspecified atom stereocenters. The zero-order valence-electron chi connectivity index (χ0n) is 33.1. The summed E-state index contributed by atoms with van der Waals surface area (Å²) in [5.41, 5.74) is 10.6. The van der Waals surface area contributed by atoms with Gasteiger partial charge in [-0.15, -0.1) is 0 Å². The maximum absolute atomic E-state index is 14.0. The summed E-state index contributed by atoms with van der Waals surface area (Å²) in [6.07, 6.45) is 12.6. The van der Waals surface area contributed by atoms with Crippen LogP contribution in [0.5, 0.6) is 11.5 Å². The van der Waals surface area contributed by atoms with Gasteiger partial charge in [0.05, 0.1) is 12.7 Å². The van der Waals surface area contributed by atoms with Crippen molar-refractivity contribution in [3.05, 3.63) is 166 Å². The molecule has 0 amide bonds. The van der Waals surface area contributed by atoms with E-state index in [1.165, 1.54) is 22.3 Å². The van der Waals surface area contributed by atoms with Gasteiger partial charge in [-0.3, -0.25) is 4.79 Å². The number of carbonyl (C=O) groups is 1. The second-order valence-electron chi connectivity index (χ2n) is 16.2. The van der Waals surface area contributed by atoms with Gasteiger partial charge in [0, 0.05) is 48.7 Å². The minimum Gasteiger partial charge on any atom is -0.489 e. The Labute approximate surface area is 321 Å². The second-order valence-corrected chi connectivity index (χ2v) is 16.2. The normalized spacial score (nSPS) is 11.9. The van der Waals surface area contributed by atoms with Gasteiger partial charge in [0.2, 0.25) is 0 Å². The molecule has 280 valence electrons. The molecule has 7 nitrogen and oxygen atoms in total. The summed E-state index contributed by atoms with van der Waals surface area (Å²) in [7, 11) is 0. The summed E-state index contributed by atoms with van der Waals surface area (Å²) in [6.45, 7) is 19.3. The third kappa shape index (κ3) is 9.56. The van der Waals surface area contributed by atoms with E-state index >= 15 is 0 Å². The smallest absolute Gasteiger partial charge is 0.144 e. The van der Waals surface area contributed by atoms with E-state index in [1.54, 1.807) is 12.4 Å². The quantitative estimate of drug-likeness (QED) is 0.0995. The fourth-order valence-electron chi connectivity index (χ4n) is 7.43. The maximum atomic E-state index is 14.0. The molecule has 4 aromatic carbocycles. The summed E-state index contributed by atoms with van der Waals surface area (Å²) in [5, 5.41) is 0. The lowest BCUT2D eigenvalue weighted by molar-refractivity contribution is -0.135. The Hall–Kier alpha value is -5.43. The SMILES string of the molecule is Cc1cc(OCc2ccc(CC(C)(C)C(=O)C(C)(C)Cc3ccc(COc4cc(C)c(Cn5ccnc5)cc4C)cc3)cc2)c(C)cc1Cn1ccnc1. The van der Waals surface area contributed by atoms with Crippen LogP contribution in [0.3, 0.4) is 0 Å². The summed E-state index contributed by atoms with van der Waals surface area (Å²) in [4.78, 5) is 22.3. The van der Waals surface area contributed by atoms with Crippen LogP contribution in [0, 0.1) is 38.5 Å². The first-order valence-electron chi connectivity index (χ1n) is 18.8. The molecule has 2 heterocycles. The summed E-state index contributed by atoms with van der Waals surface area (Å²) >= 11 is 0. The molecule has 6 rings (SSSR count). The number of ether oxygens (including phenoxy) is 2. The Morgan fingerprint density at radius 3 is 1.28 bits per heavy atom. The lowest BCUT2D eigenvalue weighted by atomic mass is 9.68. The van der Waals surface area contributed by atoms with Gasteiger partial charge >= 0.3 is 0 Å². The number of hydrogen-bond acceptors (Lipinski definition) is 5.